The van der Waals surface area contributed by atoms with Crippen LogP contribution in [0.15, 0.2) is 34.7 Å². The third-order valence-electron chi connectivity index (χ3n) is 4.06. The molecule has 0 aromatic rings. The van der Waals surface area contributed by atoms with Gasteiger partial charge < -0.3 is 25.2 Å². The van der Waals surface area contributed by atoms with Crippen molar-refractivity contribution in [3.63, 3.8) is 0 Å². The molecule has 5 nitrogen and oxygen atoms in total. The van der Waals surface area contributed by atoms with Crippen molar-refractivity contribution in [1.82, 2.24) is 4.90 Å². The fraction of sp³-hybridized carbons (Fsp3) is 0.562. The van der Waals surface area contributed by atoms with Crippen molar-refractivity contribution < 1.29 is 14.6 Å². The van der Waals surface area contributed by atoms with Gasteiger partial charge in [-0.2, -0.15) is 0 Å². The molecular formula is C16H26BrN2O3P. The summed E-state index contributed by atoms with van der Waals surface area (Å²) in [5.41, 5.74) is 7.19. The van der Waals surface area contributed by atoms with E-state index in [4.69, 9.17) is 15.2 Å². The Hall–Kier alpha value is -0.520. The summed E-state index contributed by atoms with van der Waals surface area (Å²) >= 11 is 3.42. The molecule has 0 amide bonds. The second kappa shape index (κ2) is 7.16. The highest BCUT2D eigenvalue weighted by Gasteiger charge is 2.46. The third-order valence-corrected chi connectivity index (χ3v) is 6.19. The fourth-order valence-electron chi connectivity index (χ4n) is 2.75. The van der Waals surface area contributed by atoms with Crippen LogP contribution in [-0.4, -0.2) is 67.4 Å². The lowest BCUT2D eigenvalue weighted by atomic mass is 10.1. The van der Waals surface area contributed by atoms with E-state index in [9.17, 15) is 5.11 Å². The molecule has 0 aromatic heterocycles. The largest absolute Gasteiger partial charge is 0.398 e. The number of hydrogen-bond donors (Lipinski definition) is 2. The van der Waals surface area contributed by atoms with E-state index in [2.05, 4.69) is 42.1 Å². The minimum Gasteiger partial charge on any atom is -0.398 e. The lowest BCUT2D eigenvalue weighted by molar-refractivity contribution is -0.0683. The van der Waals surface area contributed by atoms with Crippen molar-refractivity contribution in [3.05, 3.63) is 34.7 Å². The number of aliphatic hydroxyl groups is 1. The van der Waals surface area contributed by atoms with Crippen LogP contribution in [0.5, 0.6) is 0 Å². The molecule has 0 unspecified atom stereocenters. The molecule has 1 saturated heterocycles. The molecule has 2 heterocycles. The van der Waals surface area contributed by atoms with Crippen molar-refractivity contribution in [2.75, 3.05) is 26.6 Å². The van der Waals surface area contributed by atoms with E-state index in [1.807, 2.05) is 11.1 Å². The Kier molecular flexibility index (Phi) is 5.85. The van der Waals surface area contributed by atoms with Gasteiger partial charge in [-0.05, 0) is 47.9 Å². The van der Waals surface area contributed by atoms with E-state index >= 15 is 0 Å². The predicted octanol–water partition coefficient (Wildman–Crippen LogP) is 2.09. The molecule has 0 bridgehead atoms. The zero-order chi connectivity index (χ0) is 17.4. The number of allylic oxidation sites excluding steroid dienone is 2. The van der Waals surface area contributed by atoms with Crippen LogP contribution >= 0.6 is 22.8 Å². The number of hydrogen-bond acceptors (Lipinski definition) is 5. The smallest absolute Gasteiger partial charge is 0.163 e. The molecule has 7 heteroatoms. The zero-order valence-electron chi connectivity index (χ0n) is 13.9. The quantitative estimate of drug-likeness (QED) is 0.686. The highest BCUT2D eigenvalue weighted by molar-refractivity contribution is 9.12. The number of halogens is 1. The molecule has 0 aliphatic carbocycles. The van der Waals surface area contributed by atoms with Crippen LogP contribution in [0.3, 0.4) is 0 Å². The highest BCUT2D eigenvalue weighted by atomic mass is 79.9. The normalized spacial score (nSPS) is 32.0. The Balaban J connectivity index is 2.16. The number of aliphatic hydroxyl groups excluding tert-OH is 1. The van der Waals surface area contributed by atoms with Crippen molar-refractivity contribution >= 4 is 29.1 Å². The van der Waals surface area contributed by atoms with Gasteiger partial charge in [-0.1, -0.05) is 6.58 Å². The lowest BCUT2D eigenvalue weighted by Crippen LogP contribution is -2.42. The maximum Gasteiger partial charge on any atom is 0.163 e. The highest BCUT2D eigenvalue weighted by Crippen LogP contribution is 2.39. The molecule has 130 valence electrons. The van der Waals surface area contributed by atoms with Crippen molar-refractivity contribution in [3.8, 4) is 0 Å². The molecule has 0 aromatic carbocycles. The number of rotatable bonds is 5. The van der Waals surface area contributed by atoms with Gasteiger partial charge in [0.1, 0.15) is 12.2 Å². The third kappa shape index (κ3) is 4.31. The average molecular weight is 405 g/mol. The Labute approximate surface area is 146 Å². The molecule has 3 N–H and O–H groups in total. The molecule has 4 atom stereocenters. The minimum absolute atomic E-state index is 0.269. The van der Waals surface area contributed by atoms with E-state index in [1.165, 1.54) is 0 Å². The second-order valence-electron chi connectivity index (χ2n) is 6.68. The molecule has 0 spiro atoms. The fourth-order valence-corrected chi connectivity index (χ4v) is 4.04. The molecule has 2 rings (SSSR count). The Bertz CT molecular complexity index is 584. The van der Waals surface area contributed by atoms with Crippen LogP contribution in [0.4, 0.5) is 0 Å². The molecule has 1 fully saturated rings. The van der Waals surface area contributed by atoms with E-state index < -0.39 is 25.3 Å². The van der Waals surface area contributed by atoms with Gasteiger partial charge in [-0.3, -0.25) is 0 Å². The van der Waals surface area contributed by atoms with E-state index in [0.29, 0.717) is 11.4 Å². The molecule has 0 saturated carbocycles. The van der Waals surface area contributed by atoms with Crippen LogP contribution in [0.1, 0.15) is 6.42 Å². The number of nitrogens with zero attached hydrogens (tertiary/aromatic N) is 1. The van der Waals surface area contributed by atoms with Gasteiger partial charge in [-0.25, -0.2) is 0 Å². The van der Waals surface area contributed by atoms with E-state index in [1.54, 1.807) is 13.2 Å². The number of methoxy groups -OCH3 is 1. The van der Waals surface area contributed by atoms with Crippen molar-refractivity contribution in [2.24, 2.45) is 5.73 Å². The molecule has 0 radical (unpaired) electrons. The predicted molar refractivity (Wildman–Crippen MR) is 101 cm³/mol. The van der Waals surface area contributed by atoms with Crippen LogP contribution in [0.25, 0.3) is 0 Å². The standard InChI is InChI=1S/C16H26BrN2O3P/c1-10-8-12(18)11(17)9-19(10)16-15(21-2)14(20)13(22-16)6-7-23(3,4)5/h8-9,13-16,20H,1,3,6-7,18H2,2,4-5H3/t13-,14-,15-,16-/m1/s1. The molecule has 23 heavy (non-hydrogen) atoms. The van der Waals surface area contributed by atoms with Gasteiger partial charge in [0, 0.05) is 24.7 Å². The van der Waals surface area contributed by atoms with Gasteiger partial charge >= 0.3 is 0 Å². The Morgan fingerprint density at radius 2 is 2.17 bits per heavy atom. The summed E-state index contributed by atoms with van der Waals surface area (Å²) in [6.45, 7) is 7.21. The summed E-state index contributed by atoms with van der Waals surface area (Å²) in [7, 11) is 1.58. The topological polar surface area (TPSA) is 68.0 Å². The van der Waals surface area contributed by atoms with E-state index in [-0.39, 0.29) is 6.10 Å². The SMILES string of the molecule is C=C1C=C(N)C(Br)=CN1[C@@H]1O[C@H](CCP(=C)(C)C)[C@@H](O)[C@H]1OC. The summed E-state index contributed by atoms with van der Waals surface area (Å²) in [5.74, 6) is 0. The number of nitrogens with two attached hydrogens (primary N) is 1. The molecule has 2 aliphatic heterocycles. The maximum absolute atomic E-state index is 10.6. The first kappa shape index (κ1) is 18.8. The van der Waals surface area contributed by atoms with Crippen molar-refractivity contribution in [2.45, 2.75) is 31.0 Å². The second-order valence-corrected chi connectivity index (χ2v) is 11.9. The van der Waals surface area contributed by atoms with Gasteiger partial charge in [0.15, 0.2) is 6.23 Å². The van der Waals surface area contributed by atoms with Gasteiger partial charge in [-0.15, -0.1) is 13.2 Å². The first-order chi connectivity index (χ1) is 10.6. The van der Waals surface area contributed by atoms with Crippen molar-refractivity contribution in [1.29, 1.82) is 0 Å². The Morgan fingerprint density at radius 1 is 1.52 bits per heavy atom. The van der Waals surface area contributed by atoms with Crippen LogP contribution in [0, 0.1) is 0 Å². The van der Waals surface area contributed by atoms with Crippen LogP contribution in [-0.2, 0) is 9.47 Å². The Morgan fingerprint density at radius 3 is 2.74 bits per heavy atom. The first-order valence-electron chi connectivity index (χ1n) is 7.50. The maximum atomic E-state index is 10.6. The summed E-state index contributed by atoms with van der Waals surface area (Å²) in [5, 5.41) is 10.6. The summed E-state index contributed by atoms with van der Waals surface area (Å²) in [6.07, 6.45) is 7.70. The molecular weight excluding hydrogens is 379 g/mol. The summed E-state index contributed by atoms with van der Waals surface area (Å²) in [4.78, 5) is 1.85. The monoisotopic (exact) mass is 404 g/mol. The van der Waals surface area contributed by atoms with Gasteiger partial charge in [0.05, 0.1) is 10.6 Å². The number of ether oxygens (including phenoxy) is 2. The summed E-state index contributed by atoms with van der Waals surface area (Å²) < 4.78 is 12.4. The van der Waals surface area contributed by atoms with Crippen LogP contribution in [0.2, 0.25) is 0 Å². The van der Waals surface area contributed by atoms with E-state index in [0.717, 1.165) is 17.1 Å². The first-order valence-corrected chi connectivity index (χ1v) is 11.3. The zero-order valence-corrected chi connectivity index (χ0v) is 16.4. The molecule has 2 aliphatic rings. The average Bonchev–Trinajstić information content (AvgIpc) is 2.76. The van der Waals surface area contributed by atoms with Gasteiger partial charge in [0.2, 0.25) is 0 Å². The van der Waals surface area contributed by atoms with Crippen LogP contribution < -0.4 is 5.73 Å². The van der Waals surface area contributed by atoms with Gasteiger partial charge in [0.25, 0.3) is 0 Å². The minimum atomic E-state index is -1.16. The summed E-state index contributed by atoms with van der Waals surface area (Å²) in [6, 6.07) is 0. The lowest BCUT2D eigenvalue weighted by Gasteiger charge is -2.33.